The minimum Gasteiger partial charge on any atom is -0.362 e. The lowest BCUT2D eigenvalue weighted by atomic mass is 10.2. The minimum absolute atomic E-state index is 0.0362. The van der Waals surface area contributed by atoms with E-state index < -0.39 is 12.1 Å². The highest BCUT2D eigenvalue weighted by molar-refractivity contribution is 5.51. The van der Waals surface area contributed by atoms with Gasteiger partial charge >= 0.3 is 0 Å². The Labute approximate surface area is 128 Å². The summed E-state index contributed by atoms with van der Waals surface area (Å²) >= 11 is 0. The smallest absolute Gasteiger partial charge is 0.208 e. The van der Waals surface area contributed by atoms with Gasteiger partial charge in [-0.05, 0) is 17.7 Å². The molecule has 0 aromatic heterocycles. The molecule has 0 amide bonds. The Morgan fingerprint density at radius 1 is 1.09 bits per heavy atom. The number of hydrogen-bond acceptors (Lipinski definition) is 2. The van der Waals surface area contributed by atoms with Crippen molar-refractivity contribution in [2.24, 2.45) is 0 Å². The van der Waals surface area contributed by atoms with Gasteiger partial charge in [-0.15, -0.1) is 0 Å². The molecule has 0 aliphatic heterocycles. The third kappa shape index (κ3) is 4.91. The second-order valence-electron chi connectivity index (χ2n) is 4.55. The maximum absolute atomic E-state index is 13.7. The van der Waals surface area contributed by atoms with E-state index in [1.807, 2.05) is 6.07 Å². The van der Waals surface area contributed by atoms with E-state index in [1.165, 1.54) is 24.3 Å². The van der Waals surface area contributed by atoms with Gasteiger partial charge in [0.15, 0.2) is 5.83 Å². The van der Waals surface area contributed by atoms with Crippen LogP contribution in [0.2, 0.25) is 0 Å². The Kier molecular flexibility index (Phi) is 6.01. The summed E-state index contributed by atoms with van der Waals surface area (Å²) in [4.78, 5) is 0. The molecule has 4 heteroatoms. The molecule has 0 heterocycles. The molecule has 0 saturated carbocycles. The summed E-state index contributed by atoms with van der Waals surface area (Å²) in [6.45, 7) is -0.0362. The van der Waals surface area contributed by atoms with Crippen LogP contribution in [0.15, 0.2) is 66.5 Å². The first kappa shape index (κ1) is 16.1. The first-order chi connectivity index (χ1) is 10.7. The van der Waals surface area contributed by atoms with E-state index in [0.29, 0.717) is 11.1 Å². The lowest BCUT2D eigenvalue weighted by Crippen LogP contribution is -2.12. The van der Waals surface area contributed by atoms with Gasteiger partial charge in [-0.25, -0.2) is 8.78 Å². The van der Waals surface area contributed by atoms with Gasteiger partial charge in [-0.1, -0.05) is 60.7 Å². The fourth-order valence-corrected chi connectivity index (χ4v) is 1.79. The van der Waals surface area contributed by atoms with Crippen molar-refractivity contribution >= 4 is 12.2 Å². The number of halogens is 2. The van der Waals surface area contributed by atoms with Gasteiger partial charge in [0, 0.05) is 5.56 Å². The molecule has 2 aromatic carbocycles. The predicted molar refractivity (Wildman–Crippen MR) is 82.9 cm³/mol. The number of ether oxygens (including phenoxy) is 1. The molecule has 1 N–H and O–H groups in total. The molecular formula is C18H16F2O2. The van der Waals surface area contributed by atoms with Gasteiger partial charge < -0.3 is 9.84 Å². The highest BCUT2D eigenvalue weighted by Crippen LogP contribution is 2.13. The molecule has 0 aliphatic rings. The molecule has 0 bridgehead atoms. The monoisotopic (exact) mass is 302 g/mol. The Morgan fingerprint density at radius 3 is 2.50 bits per heavy atom. The molecule has 1 unspecified atom stereocenters. The zero-order valence-electron chi connectivity index (χ0n) is 11.8. The molecule has 22 heavy (non-hydrogen) atoms. The van der Waals surface area contributed by atoms with Crippen molar-refractivity contribution in [1.82, 2.24) is 0 Å². The molecule has 1 atom stereocenters. The summed E-state index contributed by atoms with van der Waals surface area (Å²) in [6, 6.07) is 15.0. The van der Waals surface area contributed by atoms with E-state index in [4.69, 9.17) is 4.74 Å². The van der Waals surface area contributed by atoms with Crippen molar-refractivity contribution < 1.29 is 18.6 Å². The standard InChI is InChI=1S/C18H16F2O2/c19-16-11-5-4-9-15(16)10-6-12-22-18(21)17(20)13-14-7-2-1-3-8-14/h1-11,13,18,21H,12H2. The van der Waals surface area contributed by atoms with E-state index in [-0.39, 0.29) is 12.4 Å². The second-order valence-corrected chi connectivity index (χ2v) is 4.55. The van der Waals surface area contributed by atoms with Crippen LogP contribution >= 0.6 is 0 Å². The van der Waals surface area contributed by atoms with Gasteiger partial charge in [0.1, 0.15) is 5.82 Å². The average molecular weight is 302 g/mol. The summed E-state index contributed by atoms with van der Waals surface area (Å²) in [5.41, 5.74) is 1.03. The maximum Gasteiger partial charge on any atom is 0.208 e. The summed E-state index contributed by atoms with van der Waals surface area (Å²) < 4.78 is 32.0. The molecule has 0 spiro atoms. The zero-order chi connectivity index (χ0) is 15.8. The molecule has 2 aromatic rings. The van der Waals surface area contributed by atoms with Gasteiger partial charge in [0.05, 0.1) is 6.61 Å². The summed E-state index contributed by atoms with van der Waals surface area (Å²) in [5.74, 6) is -1.14. The topological polar surface area (TPSA) is 29.5 Å². The molecule has 0 saturated heterocycles. The Bertz CT molecular complexity index is 651. The van der Waals surface area contributed by atoms with Crippen LogP contribution in [0, 0.1) is 5.82 Å². The van der Waals surface area contributed by atoms with Crippen LogP contribution < -0.4 is 0 Å². The van der Waals surface area contributed by atoms with E-state index in [2.05, 4.69) is 0 Å². The second kappa shape index (κ2) is 8.22. The number of aliphatic hydroxyl groups is 1. The average Bonchev–Trinajstić information content (AvgIpc) is 2.53. The van der Waals surface area contributed by atoms with Crippen LogP contribution in [0.25, 0.3) is 12.2 Å². The first-order valence-corrected chi connectivity index (χ1v) is 6.79. The molecule has 0 aliphatic carbocycles. The molecule has 0 fully saturated rings. The number of benzene rings is 2. The van der Waals surface area contributed by atoms with Crippen molar-refractivity contribution in [3.05, 3.63) is 83.4 Å². The SMILES string of the molecule is OC(OCC=Cc1ccccc1F)C(F)=Cc1ccccc1. The maximum atomic E-state index is 13.7. The summed E-state index contributed by atoms with van der Waals surface area (Å²) in [5, 5.41) is 9.56. The third-order valence-corrected chi connectivity index (χ3v) is 2.89. The fourth-order valence-electron chi connectivity index (χ4n) is 1.79. The van der Waals surface area contributed by atoms with Crippen LogP contribution in [0.4, 0.5) is 8.78 Å². The van der Waals surface area contributed by atoms with Gasteiger partial charge in [0.2, 0.25) is 6.29 Å². The highest BCUT2D eigenvalue weighted by atomic mass is 19.1. The van der Waals surface area contributed by atoms with E-state index in [0.717, 1.165) is 0 Å². The first-order valence-electron chi connectivity index (χ1n) is 6.79. The molecule has 2 nitrogen and oxygen atoms in total. The minimum atomic E-state index is -1.65. The van der Waals surface area contributed by atoms with Crippen molar-refractivity contribution in [2.45, 2.75) is 6.29 Å². The number of hydrogen-bond donors (Lipinski definition) is 1. The van der Waals surface area contributed by atoms with Crippen LogP contribution in [-0.2, 0) is 4.74 Å². The normalized spacial score (nSPS) is 13.5. The van der Waals surface area contributed by atoms with E-state index in [1.54, 1.807) is 42.5 Å². The predicted octanol–water partition coefficient (Wildman–Crippen LogP) is 4.18. The number of aliphatic hydroxyl groups excluding tert-OH is 1. The van der Waals surface area contributed by atoms with Crippen LogP contribution in [0.3, 0.4) is 0 Å². The van der Waals surface area contributed by atoms with Crippen LogP contribution in [0.1, 0.15) is 11.1 Å². The van der Waals surface area contributed by atoms with Gasteiger partial charge in [-0.2, -0.15) is 0 Å². The largest absolute Gasteiger partial charge is 0.362 e. The zero-order valence-corrected chi connectivity index (χ0v) is 11.8. The Morgan fingerprint density at radius 2 is 1.77 bits per heavy atom. The van der Waals surface area contributed by atoms with Crippen LogP contribution in [0.5, 0.6) is 0 Å². The highest BCUT2D eigenvalue weighted by Gasteiger charge is 2.09. The molecule has 114 valence electrons. The van der Waals surface area contributed by atoms with Crippen molar-refractivity contribution in [3.8, 4) is 0 Å². The lowest BCUT2D eigenvalue weighted by molar-refractivity contribution is -0.0727. The van der Waals surface area contributed by atoms with Crippen molar-refractivity contribution in [2.75, 3.05) is 6.61 Å². The number of rotatable bonds is 6. The summed E-state index contributed by atoms with van der Waals surface area (Å²) in [7, 11) is 0. The Balaban J connectivity index is 1.86. The van der Waals surface area contributed by atoms with Crippen molar-refractivity contribution in [1.29, 1.82) is 0 Å². The lowest BCUT2D eigenvalue weighted by Gasteiger charge is -2.08. The molecule has 0 radical (unpaired) electrons. The van der Waals surface area contributed by atoms with Gasteiger partial charge in [0.25, 0.3) is 0 Å². The van der Waals surface area contributed by atoms with Gasteiger partial charge in [-0.3, -0.25) is 0 Å². The quantitative estimate of drug-likeness (QED) is 0.811. The van der Waals surface area contributed by atoms with Crippen molar-refractivity contribution in [3.63, 3.8) is 0 Å². The van der Waals surface area contributed by atoms with E-state index >= 15 is 0 Å². The molecule has 2 rings (SSSR count). The van der Waals surface area contributed by atoms with E-state index in [9.17, 15) is 13.9 Å². The van der Waals surface area contributed by atoms with Crippen LogP contribution in [-0.4, -0.2) is 18.0 Å². The molecular weight excluding hydrogens is 286 g/mol. The fraction of sp³-hybridized carbons (Fsp3) is 0.111. The third-order valence-electron chi connectivity index (χ3n) is 2.89. The summed E-state index contributed by atoms with van der Waals surface area (Å²) in [6.07, 6.45) is 2.58. The Hall–Kier alpha value is -2.30.